The van der Waals surface area contributed by atoms with Crippen LogP contribution in [0.4, 0.5) is 0 Å². The first-order valence-corrected chi connectivity index (χ1v) is 9.55. The van der Waals surface area contributed by atoms with Gasteiger partial charge in [-0.05, 0) is 35.6 Å². The van der Waals surface area contributed by atoms with Gasteiger partial charge in [-0.2, -0.15) is 0 Å². The van der Waals surface area contributed by atoms with Gasteiger partial charge in [0.2, 0.25) is 0 Å². The molecule has 0 amide bonds. The lowest BCUT2D eigenvalue weighted by molar-refractivity contribution is -0.0390. The number of aryl methyl sites for hydroxylation is 1. The van der Waals surface area contributed by atoms with Crippen molar-refractivity contribution in [2.75, 3.05) is 20.3 Å². The second-order valence-corrected chi connectivity index (χ2v) is 6.91. The summed E-state index contributed by atoms with van der Waals surface area (Å²) < 4.78 is 13.4. The molecule has 0 spiro atoms. The first-order valence-electron chi connectivity index (χ1n) is 9.55. The van der Waals surface area contributed by atoms with Crippen molar-refractivity contribution >= 4 is 5.96 Å². The highest BCUT2D eigenvalue weighted by molar-refractivity contribution is 5.79. The number of aliphatic imine (C=N–C) groups is 1. The number of guanidine groups is 1. The number of hydrogen-bond donors (Lipinski definition) is 2. The molecule has 3 rings (SSSR count). The second-order valence-electron chi connectivity index (χ2n) is 6.91. The van der Waals surface area contributed by atoms with Crippen LogP contribution in [0.15, 0.2) is 47.7 Å². The van der Waals surface area contributed by atoms with Crippen LogP contribution in [0.25, 0.3) is 0 Å². The highest BCUT2D eigenvalue weighted by Gasteiger charge is 2.14. The first-order chi connectivity index (χ1) is 13.2. The van der Waals surface area contributed by atoms with Crippen LogP contribution in [0.1, 0.15) is 29.5 Å². The molecule has 0 unspecified atom stereocenters. The molecule has 2 aromatic rings. The standard InChI is InChI=1S/C21H30N4O2/c1-22-21(24-14-19-6-9-25(2)15-19)23-13-17-4-3-5-18(12-17)16-27-20-7-10-26-11-8-20/h3-6,9,12,15,20H,7-8,10-11,13-14,16H2,1-2H3,(H2,22,23,24). The maximum atomic E-state index is 6.02. The van der Waals surface area contributed by atoms with E-state index in [1.807, 2.05) is 17.8 Å². The summed E-state index contributed by atoms with van der Waals surface area (Å²) in [6.45, 7) is 3.74. The maximum absolute atomic E-state index is 6.02. The Labute approximate surface area is 161 Å². The van der Waals surface area contributed by atoms with Crippen LogP contribution in [0.3, 0.4) is 0 Å². The van der Waals surface area contributed by atoms with Crippen LogP contribution in [0, 0.1) is 0 Å². The molecule has 2 N–H and O–H groups in total. The molecule has 1 saturated heterocycles. The maximum Gasteiger partial charge on any atom is 0.191 e. The number of nitrogens with one attached hydrogen (secondary N) is 2. The summed E-state index contributed by atoms with van der Waals surface area (Å²) in [7, 11) is 3.81. The van der Waals surface area contributed by atoms with Crippen molar-refractivity contribution in [3.05, 3.63) is 59.4 Å². The molecule has 1 aliphatic rings. The van der Waals surface area contributed by atoms with E-state index in [2.05, 4.69) is 52.2 Å². The van der Waals surface area contributed by atoms with E-state index < -0.39 is 0 Å². The SMILES string of the molecule is CN=C(NCc1cccc(COC2CCOCC2)c1)NCc1ccn(C)c1. The van der Waals surface area contributed by atoms with Crippen molar-refractivity contribution in [3.63, 3.8) is 0 Å². The number of benzene rings is 1. The summed E-state index contributed by atoms with van der Waals surface area (Å²) in [4.78, 5) is 4.30. The van der Waals surface area contributed by atoms with E-state index in [0.717, 1.165) is 45.1 Å². The van der Waals surface area contributed by atoms with Crippen molar-refractivity contribution in [3.8, 4) is 0 Å². The third-order valence-corrected chi connectivity index (χ3v) is 4.68. The smallest absolute Gasteiger partial charge is 0.191 e. The van der Waals surface area contributed by atoms with Gasteiger partial charge in [-0.25, -0.2) is 0 Å². The van der Waals surface area contributed by atoms with Crippen LogP contribution in [-0.2, 0) is 36.2 Å². The Bertz CT molecular complexity index is 735. The Kier molecular flexibility index (Phi) is 7.30. The largest absolute Gasteiger partial charge is 0.381 e. The Morgan fingerprint density at radius 1 is 1.15 bits per heavy atom. The quantitative estimate of drug-likeness (QED) is 0.581. The predicted octanol–water partition coefficient (Wildman–Crippen LogP) is 2.59. The minimum Gasteiger partial charge on any atom is -0.381 e. The van der Waals surface area contributed by atoms with Crippen LogP contribution < -0.4 is 10.6 Å². The monoisotopic (exact) mass is 370 g/mol. The van der Waals surface area contributed by atoms with E-state index >= 15 is 0 Å². The van der Waals surface area contributed by atoms with Gasteiger partial charge >= 0.3 is 0 Å². The Morgan fingerprint density at radius 2 is 1.89 bits per heavy atom. The van der Waals surface area contributed by atoms with Crippen molar-refractivity contribution in [2.24, 2.45) is 12.0 Å². The number of rotatable bonds is 7. The van der Waals surface area contributed by atoms with E-state index in [9.17, 15) is 0 Å². The van der Waals surface area contributed by atoms with E-state index in [-0.39, 0.29) is 0 Å². The molecule has 1 aliphatic heterocycles. The fourth-order valence-electron chi connectivity index (χ4n) is 3.14. The van der Waals surface area contributed by atoms with Crippen LogP contribution >= 0.6 is 0 Å². The van der Waals surface area contributed by atoms with Gasteiger partial charge in [0.1, 0.15) is 0 Å². The minimum absolute atomic E-state index is 0.321. The molecule has 146 valence electrons. The van der Waals surface area contributed by atoms with Crippen molar-refractivity contribution in [2.45, 2.75) is 38.6 Å². The van der Waals surface area contributed by atoms with Gasteiger partial charge in [-0.1, -0.05) is 24.3 Å². The average Bonchev–Trinajstić information content (AvgIpc) is 3.13. The summed E-state index contributed by atoms with van der Waals surface area (Å²) in [6.07, 6.45) is 6.44. The fourth-order valence-corrected chi connectivity index (χ4v) is 3.14. The highest BCUT2D eigenvalue weighted by atomic mass is 16.5. The molecular weight excluding hydrogens is 340 g/mol. The molecular formula is C21H30N4O2. The Morgan fingerprint density at radius 3 is 2.59 bits per heavy atom. The van der Waals surface area contributed by atoms with Gasteiger partial charge in [-0.15, -0.1) is 0 Å². The van der Waals surface area contributed by atoms with Gasteiger partial charge < -0.3 is 24.7 Å². The zero-order chi connectivity index (χ0) is 18.9. The lowest BCUT2D eigenvalue weighted by Crippen LogP contribution is -2.36. The highest BCUT2D eigenvalue weighted by Crippen LogP contribution is 2.14. The van der Waals surface area contributed by atoms with Gasteiger partial charge in [0, 0.05) is 52.8 Å². The molecule has 6 nitrogen and oxygen atoms in total. The molecule has 0 saturated carbocycles. The predicted molar refractivity (Wildman–Crippen MR) is 108 cm³/mol. The molecule has 1 aromatic carbocycles. The minimum atomic E-state index is 0.321. The molecule has 1 aromatic heterocycles. The second kappa shape index (κ2) is 10.1. The molecule has 0 atom stereocenters. The van der Waals surface area contributed by atoms with Crippen LogP contribution in [-0.4, -0.2) is 36.9 Å². The van der Waals surface area contributed by atoms with Gasteiger partial charge in [0.15, 0.2) is 5.96 Å². The van der Waals surface area contributed by atoms with Crippen molar-refractivity contribution in [1.82, 2.24) is 15.2 Å². The first kappa shape index (κ1) is 19.5. The Hall–Kier alpha value is -2.31. The molecule has 1 fully saturated rings. The summed E-state index contributed by atoms with van der Waals surface area (Å²) in [6, 6.07) is 10.6. The third-order valence-electron chi connectivity index (χ3n) is 4.68. The van der Waals surface area contributed by atoms with E-state index in [1.54, 1.807) is 7.05 Å². The molecule has 0 aliphatic carbocycles. The summed E-state index contributed by atoms with van der Waals surface area (Å²) in [5, 5.41) is 6.71. The zero-order valence-electron chi connectivity index (χ0n) is 16.3. The lowest BCUT2D eigenvalue weighted by atomic mass is 10.1. The van der Waals surface area contributed by atoms with Crippen molar-refractivity contribution < 1.29 is 9.47 Å². The lowest BCUT2D eigenvalue weighted by Gasteiger charge is -2.22. The number of ether oxygens (including phenoxy) is 2. The number of aromatic nitrogens is 1. The van der Waals surface area contributed by atoms with Crippen LogP contribution in [0.5, 0.6) is 0 Å². The van der Waals surface area contributed by atoms with E-state index in [0.29, 0.717) is 12.7 Å². The molecule has 0 bridgehead atoms. The number of hydrogen-bond acceptors (Lipinski definition) is 3. The number of nitrogens with zero attached hydrogens (tertiary/aromatic N) is 2. The fraction of sp³-hybridized carbons (Fsp3) is 0.476. The third kappa shape index (κ3) is 6.41. The molecule has 6 heteroatoms. The summed E-state index contributed by atoms with van der Waals surface area (Å²) in [5.41, 5.74) is 3.64. The molecule has 0 radical (unpaired) electrons. The van der Waals surface area contributed by atoms with Crippen molar-refractivity contribution in [1.29, 1.82) is 0 Å². The summed E-state index contributed by atoms with van der Waals surface area (Å²) >= 11 is 0. The zero-order valence-corrected chi connectivity index (χ0v) is 16.3. The van der Waals surface area contributed by atoms with Gasteiger partial charge in [0.25, 0.3) is 0 Å². The summed E-state index contributed by atoms with van der Waals surface area (Å²) in [5.74, 6) is 0.794. The average molecular weight is 370 g/mol. The van der Waals surface area contributed by atoms with Gasteiger partial charge in [-0.3, -0.25) is 4.99 Å². The molecule has 2 heterocycles. The van der Waals surface area contributed by atoms with E-state index in [1.165, 1.54) is 16.7 Å². The normalized spacial score (nSPS) is 15.7. The van der Waals surface area contributed by atoms with Gasteiger partial charge in [0.05, 0.1) is 12.7 Å². The topological polar surface area (TPSA) is 59.8 Å². The van der Waals surface area contributed by atoms with Crippen LogP contribution in [0.2, 0.25) is 0 Å². The molecule has 27 heavy (non-hydrogen) atoms. The van der Waals surface area contributed by atoms with E-state index in [4.69, 9.17) is 9.47 Å². The Balaban J connectivity index is 1.45.